The fraction of sp³-hybridized carbons (Fsp3) is 0.562. The fourth-order valence-electron chi connectivity index (χ4n) is 2.38. The molecule has 5 heteroatoms. The molecular formula is C16H23NO4. The van der Waals surface area contributed by atoms with Gasteiger partial charge in [-0.05, 0) is 44.4 Å². The molecule has 1 rings (SSSR count). The molecule has 0 fully saturated rings. The summed E-state index contributed by atoms with van der Waals surface area (Å²) in [5, 5.41) is 0. The third-order valence-corrected chi connectivity index (χ3v) is 3.56. The zero-order valence-corrected chi connectivity index (χ0v) is 12.9. The van der Waals surface area contributed by atoms with E-state index in [4.69, 9.17) is 9.47 Å². The molecule has 0 radical (unpaired) electrons. The first kappa shape index (κ1) is 17.1. The Bertz CT molecular complexity index is 461. The Morgan fingerprint density at radius 1 is 1.10 bits per heavy atom. The smallest absolute Gasteiger partial charge is 0.316 e. The highest BCUT2D eigenvalue weighted by atomic mass is 16.5. The van der Waals surface area contributed by atoms with Gasteiger partial charge in [0, 0.05) is 18.8 Å². The molecule has 0 saturated heterocycles. The Morgan fingerprint density at radius 3 is 2.24 bits per heavy atom. The first-order valence-electron chi connectivity index (χ1n) is 7.34. The van der Waals surface area contributed by atoms with Gasteiger partial charge in [-0.15, -0.1) is 0 Å². The van der Waals surface area contributed by atoms with Crippen LogP contribution < -0.4 is 0 Å². The lowest BCUT2D eigenvalue weighted by Crippen LogP contribution is -2.37. The summed E-state index contributed by atoms with van der Waals surface area (Å²) in [4.78, 5) is 28.1. The van der Waals surface area contributed by atoms with Crippen LogP contribution in [0.15, 0.2) is 24.5 Å². The largest absolute Gasteiger partial charge is 0.466 e. The van der Waals surface area contributed by atoms with Crippen molar-refractivity contribution in [2.45, 2.75) is 45.4 Å². The maximum Gasteiger partial charge on any atom is 0.316 e. The minimum Gasteiger partial charge on any atom is -0.466 e. The number of rotatable bonds is 8. The highest BCUT2D eigenvalue weighted by Gasteiger charge is 2.40. The summed E-state index contributed by atoms with van der Waals surface area (Å²) in [5.74, 6) is -0.600. The van der Waals surface area contributed by atoms with Crippen molar-refractivity contribution in [3.05, 3.63) is 30.1 Å². The third kappa shape index (κ3) is 4.28. The lowest BCUT2D eigenvalue weighted by atomic mass is 9.75. The van der Waals surface area contributed by atoms with Gasteiger partial charge in [0.2, 0.25) is 0 Å². The second-order valence-corrected chi connectivity index (χ2v) is 4.70. The topological polar surface area (TPSA) is 65.5 Å². The van der Waals surface area contributed by atoms with Crippen molar-refractivity contribution in [2.24, 2.45) is 0 Å². The number of hydrogen-bond donors (Lipinski definition) is 0. The molecule has 5 nitrogen and oxygen atoms in total. The minimum absolute atomic E-state index is 0.183. The number of carbonyl (C=O) groups is 2. The quantitative estimate of drug-likeness (QED) is 0.689. The number of esters is 2. The molecule has 0 bridgehead atoms. The predicted molar refractivity (Wildman–Crippen MR) is 78.7 cm³/mol. The number of carbonyl (C=O) groups excluding carboxylic acids is 2. The van der Waals surface area contributed by atoms with Crippen molar-refractivity contribution >= 4 is 11.9 Å². The molecule has 0 spiro atoms. The van der Waals surface area contributed by atoms with Gasteiger partial charge >= 0.3 is 11.9 Å². The average Bonchev–Trinajstić information content (AvgIpc) is 2.50. The molecule has 1 heterocycles. The molecule has 0 saturated carbocycles. The highest BCUT2D eigenvalue weighted by Crippen LogP contribution is 2.34. The van der Waals surface area contributed by atoms with Crippen molar-refractivity contribution in [1.82, 2.24) is 4.98 Å². The van der Waals surface area contributed by atoms with Gasteiger partial charge in [0.05, 0.1) is 18.6 Å². The SMILES string of the molecule is CCOC(=O)CCC(CC)(C(=O)OCC)c1ccncc1. The van der Waals surface area contributed by atoms with Gasteiger partial charge in [-0.2, -0.15) is 0 Å². The van der Waals surface area contributed by atoms with E-state index in [1.165, 1.54) is 0 Å². The molecule has 1 unspecified atom stereocenters. The van der Waals surface area contributed by atoms with Gasteiger partial charge in [-0.25, -0.2) is 0 Å². The van der Waals surface area contributed by atoms with Crippen LogP contribution in [-0.2, 0) is 24.5 Å². The molecular weight excluding hydrogens is 270 g/mol. The van der Waals surface area contributed by atoms with Gasteiger partial charge < -0.3 is 9.47 Å². The molecule has 0 aliphatic carbocycles. The van der Waals surface area contributed by atoms with Crippen LogP contribution in [0.5, 0.6) is 0 Å². The van der Waals surface area contributed by atoms with Gasteiger partial charge in [-0.3, -0.25) is 14.6 Å². The van der Waals surface area contributed by atoms with E-state index in [0.717, 1.165) is 5.56 Å². The first-order valence-corrected chi connectivity index (χ1v) is 7.34. The highest BCUT2D eigenvalue weighted by molar-refractivity contribution is 5.84. The molecule has 21 heavy (non-hydrogen) atoms. The van der Waals surface area contributed by atoms with E-state index >= 15 is 0 Å². The van der Waals surface area contributed by atoms with E-state index in [-0.39, 0.29) is 18.4 Å². The predicted octanol–water partition coefficient (Wildman–Crippen LogP) is 2.64. The molecule has 0 amide bonds. The number of aromatic nitrogens is 1. The minimum atomic E-state index is -0.828. The Labute approximate surface area is 125 Å². The van der Waals surface area contributed by atoms with Gasteiger partial charge in [0.1, 0.15) is 0 Å². The first-order chi connectivity index (χ1) is 10.1. The normalized spacial score (nSPS) is 13.3. The van der Waals surface area contributed by atoms with E-state index < -0.39 is 5.41 Å². The molecule has 1 aromatic heterocycles. The molecule has 1 aromatic rings. The molecule has 116 valence electrons. The maximum atomic E-state index is 12.5. The lowest BCUT2D eigenvalue weighted by Gasteiger charge is -2.30. The monoisotopic (exact) mass is 293 g/mol. The average molecular weight is 293 g/mol. The van der Waals surface area contributed by atoms with Crippen molar-refractivity contribution in [2.75, 3.05) is 13.2 Å². The Balaban J connectivity index is 3.03. The summed E-state index contributed by atoms with van der Waals surface area (Å²) >= 11 is 0. The van der Waals surface area contributed by atoms with Gasteiger partial charge in [0.15, 0.2) is 0 Å². The fourth-order valence-corrected chi connectivity index (χ4v) is 2.38. The van der Waals surface area contributed by atoms with Crippen molar-refractivity contribution in [1.29, 1.82) is 0 Å². The van der Waals surface area contributed by atoms with Crippen molar-refractivity contribution in [3.8, 4) is 0 Å². The van der Waals surface area contributed by atoms with Gasteiger partial charge in [0.25, 0.3) is 0 Å². The lowest BCUT2D eigenvalue weighted by molar-refractivity contribution is -0.151. The molecule has 0 aromatic carbocycles. The molecule has 0 aliphatic rings. The molecule has 1 atom stereocenters. The van der Waals surface area contributed by atoms with Crippen LogP contribution >= 0.6 is 0 Å². The van der Waals surface area contributed by atoms with E-state index in [9.17, 15) is 9.59 Å². The number of nitrogens with zero attached hydrogens (tertiary/aromatic N) is 1. The maximum absolute atomic E-state index is 12.5. The zero-order chi connectivity index (χ0) is 15.7. The van der Waals surface area contributed by atoms with E-state index in [0.29, 0.717) is 26.1 Å². The summed E-state index contributed by atoms with van der Waals surface area (Å²) in [6.45, 7) is 6.11. The second kappa shape index (κ2) is 8.39. The van der Waals surface area contributed by atoms with E-state index in [1.54, 1.807) is 38.4 Å². The van der Waals surface area contributed by atoms with E-state index in [2.05, 4.69) is 4.98 Å². The number of ether oxygens (including phenoxy) is 2. The summed E-state index contributed by atoms with van der Waals surface area (Å²) in [7, 11) is 0. The number of hydrogen-bond acceptors (Lipinski definition) is 5. The van der Waals surface area contributed by atoms with Crippen LogP contribution in [0, 0.1) is 0 Å². The number of pyridine rings is 1. The third-order valence-electron chi connectivity index (χ3n) is 3.56. The molecule has 0 N–H and O–H groups in total. The van der Waals surface area contributed by atoms with E-state index in [1.807, 2.05) is 6.92 Å². The summed E-state index contributed by atoms with van der Waals surface area (Å²) in [6, 6.07) is 3.59. The summed E-state index contributed by atoms with van der Waals surface area (Å²) in [5.41, 5.74) is -0.00568. The second-order valence-electron chi connectivity index (χ2n) is 4.70. The van der Waals surface area contributed by atoms with Crippen LogP contribution in [0.25, 0.3) is 0 Å². The summed E-state index contributed by atoms with van der Waals surface area (Å²) in [6.07, 6.45) is 4.38. The van der Waals surface area contributed by atoms with Crippen LogP contribution in [-0.4, -0.2) is 30.1 Å². The van der Waals surface area contributed by atoms with Crippen LogP contribution in [0.1, 0.15) is 45.6 Å². The van der Waals surface area contributed by atoms with Crippen LogP contribution in [0.3, 0.4) is 0 Å². The molecule has 0 aliphatic heterocycles. The van der Waals surface area contributed by atoms with Crippen molar-refractivity contribution in [3.63, 3.8) is 0 Å². The Morgan fingerprint density at radius 2 is 1.71 bits per heavy atom. The standard InChI is InChI=1S/C16H23NO4/c1-4-16(15(19)21-6-3,10-7-14(18)20-5-2)13-8-11-17-12-9-13/h8-9,11-12H,4-7,10H2,1-3H3. The summed E-state index contributed by atoms with van der Waals surface area (Å²) < 4.78 is 10.2. The van der Waals surface area contributed by atoms with Gasteiger partial charge in [-0.1, -0.05) is 6.92 Å². The Kier molecular flexibility index (Phi) is 6.85. The Hall–Kier alpha value is -1.91. The van der Waals surface area contributed by atoms with Crippen LogP contribution in [0.4, 0.5) is 0 Å². The van der Waals surface area contributed by atoms with Crippen LogP contribution in [0.2, 0.25) is 0 Å². The zero-order valence-electron chi connectivity index (χ0n) is 12.9. The van der Waals surface area contributed by atoms with Crippen molar-refractivity contribution < 1.29 is 19.1 Å².